The zero-order valence-electron chi connectivity index (χ0n) is 21.8. The minimum absolute atomic E-state index is 0.0273. The lowest BCUT2D eigenvalue weighted by Gasteiger charge is -2.12. The molecule has 1 heterocycles. The Hall–Kier alpha value is -4.37. The van der Waals surface area contributed by atoms with E-state index in [2.05, 4.69) is 11.2 Å². The summed E-state index contributed by atoms with van der Waals surface area (Å²) in [7, 11) is -8.58. The molecule has 1 aliphatic heterocycles. The summed E-state index contributed by atoms with van der Waals surface area (Å²) in [4.78, 5) is 0.377. The van der Waals surface area contributed by atoms with Gasteiger partial charge in [0.25, 0.3) is 0 Å². The second kappa shape index (κ2) is 11.2. The first-order valence-corrected chi connectivity index (χ1v) is 15.8. The maximum Gasteiger partial charge on any atom is 0.359 e. The van der Waals surface area contributed by atoms with Gasteiger partial charge in [-0.25, -0.2) is 0 Å². The van der Waals surface area contributed by atoms with Crippen LogP contribution in [-0.2, 0) is 24.5 Å². The topological polar surface area (TPSA) is 123 Å². The average molecular weight is 603 g/mol. The predicted molar refractivity (Wildman–Crippen MR) is 159 cm³/mol. The third kappa shape index (κ3) is 5.90. The Morgan fingerprint density at radius 3 is 2.20 bits per heavy atom. The summed E-state index contributed by atoms with van der Waals surface area (Å²) in [5.41, 5.74) is 3.04. The van der Waals surface area contributed by atoms with Crippen molar-refractivity contribution in [3.8, 4) is 11.8 Å². The van der Waals surface area contributed by atoms with E-state index >= 15 is 0 Å². The molecular weight excluding hydrogens is 581 g/mol. The maximum atomic E-state index is 13.2. The van der Waals surface area contributed by atoms with Gasteiger partial charge in [0.1, 0.15) is 20.9 Å². The first-order valence-electron chi connectivity index (χ1n) is 12.2. The summed E-state index contributed by atoms with van der Waals surface area (Å²) in [6.45, 7) is 3.74. The summed E-state index contributed by atoms with van der Waals surface area (Å²) >= 11 is 1.11. The summed E-state index contributed by atoms with van der Waals surface area (Å²) in [6, 6.07) is 24.7. The first-order chi connectivity index (χ1) is 19.6. The number of hydrogen-bond donors (Lipinski definition) is 0. The lowest BCUT2D eigenvalue weighted by atomic mass is 10.0. The van der Waals surface area contributed by atoms with Crippen molar-refractivity contribution in [2.45, 2.75) is 23.6 Å². The lowest BCUT2D eigenvalue weighted by molar-refractivity contribution is 0.341. The van der Waals surface area contributed by atoms with Gasteiger partial charge in [-0.2, -0.15) is 22.1 Å². The largest absolute Gasteiger partial charge is 0.378 e. The van der Waals surface area contributed by atoms with Crippen LogP contribution in [0.15, 0.2) is 117 Å². The fraction of sp³-hybridized carbons (Fsp3) is 0.0667. The van der Waals surface area contributed by atoms with Gasteiger partial charge in [0, 0.05) is 15.7 Å². The summed E-state index contributed by atoms with van der Waals surface area (Å²) in [5.74, 6) is -0.0317. The van der Waals surface area contributed by atoms with Crippen LogP contribution in [-0.4, -0.2) is 21.9 Å². The molecule has 0 bridgehead atoms. The van der Waals surface area contributed by atoms with Crippen LogP contribution < -0.4 is 4.18 Å². The Bertz CT molecular complexity index is 2020. The molecule has 0 fully saturated rings. The van der Waals surface area contributed by atoms with Gasteiger partial charge < -0.3 is 4.18 Å². The Kier molecular flexibility index (Phi) is 7.73. The van der Waals surface area contributed by atoms with E-state index in [4.69, 9.17) is 8.47 Å². The molecule has 4 aromatic carbocycles. The van der Waals surface area contributed by atoms with Crippen molar-refractivity contribution in [1.82, 2.24) is 0 Å². The summed E-state index contributed by atoms with van der Waals surface area (Å²) in [5, 5.41) is 14.3. The van der Waals surface area contributed by atoms with Gasteiger partial charge in [0.05, 0.1) is 5.57 Å². The molecule has 41 heavy (non-hydrogen) atoms. The van der Waals surface area contributed by atoms with E-state index in [9.17, 15) is 22.1 Å². The number of oxime groups is 1. The molecular formula is C30H22N2O6S3. The second-order valence-electron chi connectivity index (χ2n) is 9.02. The van der Waals surface area contributed by atoms with Crippen molar-refractivity contribution < 1.29 is 25.3 Å². The van der Waals surface area contributed by atoms with E-state index in [0.29, 0.717) is 10.5 Å². The fourth-order valence-electron chi connectivity index (χ4n) is 4.14. The highest BCUT2D eigenvalue weighted by Crippen LogP contribution is 2.36. The lowest BCUT2D eigenvalue weighted by Crippen LogP contribution is -2.11. The summed E-state index contributed by atoms with van der Waals surface area (Å²) < 4.78 is 62.6. The van der Waals surface area contributed by atoms with E-state index in [1.165, 1.54) is 30.3 Å². The third-order valence-corrected chi connectivity index (χ3v) is 9.61. The monoisotopic (exact) mass is 602 g/mol. The van der Waals surface area contributed by atoms with Crippen LogP contribution in [0.5, 0.6) is 5.75 Å². The van der Waals surface area contributed by atoms with Crippen LogP contribution in [0.1, 0.15) is 16.7 Å². The van der Waals surface area contributed by atoms with Gasteiger partial charge >= 0.3 is 20.2 Å². The zero-order chi connectivity index (χ0) is 29.2. The van der Waals surface area contributed by atoms with Crippen molar-refractivity contribution in [2.75, 3.05) is 0 Å². The van der Waals surface area contributed by atoms with Crippen molar-refractivity contribution >= 4 is 53.4 Å². The summed E-state index contributed by atoms with van der Waals surface area (Å²) in [6.07, 6.45) is 3.25. The molecule has 0 saturated heterocycles. The quantitative estimate of drug-likeness (QED) is 0.134. The highest BCUT2D eigenvalue weighted by atomic mass is 32.2. The molecule has 1 aliphatic rings. The number of benzene rings is 4. The standard InChI is InChI=1S/C30H22N2O6S3/c1-20-11-13-22(14-12-20)40(33,34)37-27-15-17-29(25-10-6-5-9-24(25)27)41(35,36)38-32-30-18-16-28(39-30)26(19-31)23-8-4-3-7-21(23)2/h3-18H,1-2H3/b28-26+,32-30?. The molecule has 0 aliphatic carbocycles. The number of nitrogens with zero attached hydrogens (tertiary/aromatic N) is 2. The van der Waals surface area contributed by atoms with E-state index < -0.39 is 20.2 Å². The molecule has 0 saturated carbocycles. The Labute approximate surface area is 242 Å². The molecule has 0 radical (unpaired) electrons. The Morgan fingerprint density at radius 2 is 1.49 bits per heavy atom. The van der Waals surface area contributed by atoms with E-state index in [1.807, 2.05) is 38.1 Å². The van der Waals surface area contributed by atoms with Crippen molar-refractivity contribution in [3.63, 3.8) is 0 Å². The van der Waals surface area contributed by atoms with E-state index in [0.717, 1.165) is 28.5 Å². The number of rotatable bonds is 7. The minimum Gasteiger partial charge on any atom is -0.378 e. The number of nitriles is 1. The van der Waals surface area contributed by atoms with Crippen LogP contribution in [0.2, 0.25) is 0 Å². The van der Waals surface area contributed by atoms with Crippen LogP contribution >= 0.6 is 11.8 Å². The van der Waals surface area contributed by atoms with Gasteiger partial charge in [-0.3, -0.25) is 4.28 Å². The smallest absolute Gasteiger partial charge is 0.359 e. The van der Waals surface area contributed by atoms with Gasteiger partial charge in [0.2, 0.25) is 0 Å². The molecule has 0 unspecified atom stereocenters. The van der Waals surface area contributed by atoms with Gasteiger partial charge in [-0.1, -0.05) is 83.1 Å². The Morgan fingerprint density at radius 1 is 0.805 bits per heavy atom. The Balaban J connectivity index is 1.42. The second-order valence-corrected chi connectivity index (χ2v) is 13.1. The molecule has 8 nitrogen and oxygen atoms in total. The maximum absolute atomic E-state index is 13.2. The molecule has 5 rings (SSSR count). The van der Waals surface area contributed by atoms with E-state index in [-0.39, 0.29) is 31.4 Å². The van der Waals surface area contributed by atoms with Crippen LogP contribution in [0, 0.1) is 25.2 Å². The zero-order valence-corrected chi connectivity index (χ0v) is 24.3. The normalized spacial score (nSPS) is 15.6. The van der Waals surface area contributed by atoms with E-state index in [1.54, 1.807) is 42.5 Å². The van der Waals surface area contributed by atoms with Gasteiger partial charge in [-0.15, -0.1) is 0 Å². The molecule has 0 amide bonds. The minimum atomic E-state index is -4.41. The molecule has 0 N–H and O–H groups in total. The van der Waals surface area contributed by atoms with Gasteiger partial charge in [0.15, 0.2) is 5.75 Å². The number of fused-ring (bicyclic) bond motifs is 1. The van der Waals surface area contributed by atoms with Crippen LogP contribution in [0.25, 0.3) is 16.3 Å². The van der Waals surface area contributed by atoms with Crippen molar-refractivity contribution in [3.05, 3.63) is 119 Å². The molecule has 0 aromatic heterocycles. The number of allylic oxidation sites excluding steroid dienone is 2. The number of aryl methyl sites for hydroxylation is 2. The molecule has 0 spiro atoms. The number of thioether (sulfide) groups is 1. The first kappa shape index (κ1) is 28.2. The molecule has 4 aromatic rings. The van der Waals surface area contributed by atoms with Crippen LogP contribution in [0.3, 0.4) is 0 Å². The fourth-order valence-corrected chi connectivity index (χ4v) is 6.91. The van der Waals surface area contributed by atoms with Gasteiger partial charge in [-0.05, 0) is 61.4 Å². The van der Waals surface area contributed by atoms with Crippen molar-refractivity contribution in [1.29, 1.82) is 5.26 Å². The molecule has 11 heteroatoms. The highest BCUT2D eigenvalue weighted by Gasteiger charge is 2.25. The highest BCUT2D eigenvalue weighted by molar-refractivity contribution is 8.18. The van der Waals surface area contributed by atoms with Crippen molar-refractivity contribution in [2.24, 2.45) is 5.16 Å². The SMILES string of the molecule is Cc1ccc(S(=O)(=O)Oc2ccc(S(=O)(=O)ON=C3C=C/C(=C(/C#N)c4ccccc4C)S3)c3ccccc23)cc1. The average Bonchev–Trinajstić information content (AvgIpc) is 3.42. The predicted octanol–water partition coefficient (Wildman–Crippen LogP) is 6.48. The molecule has 206 valence electrons. The third-order valence-electron chi connectivity index (χ3n) is 6.21. The van der Waals surface area contributed by atoms with Crippen LogP contribution in [0.4, 0.5) is 0 Å². The molecule has 0 atom stereocenters. The number of hydrogen-bond acceptors (Lipinski definition) is 9.